The molecule has 0 saturated carbocycles. The number of nitrogens with one attached hydrogen (secondary N) is 1. The highest BCUT2D eigenvalue weighted by atomic mass is 19.3. The molecule has 1 saturated heterocycles. The summed E-state index contributed by atoms with van der Waals surface area (Å²) in [5, 5.41) is 3.26. The molecule has 2 heterocycles. The topological polar surface area (TPSA) is 33.1 Å². The van der Waals surface area contributed by atoms with Gasteiger partial charge in [-0.1, -0.05) is 0 Å². The van der Waals surface area contributed by atoms with Gasteiger partial charge in [0.05, 0.1) is 6.54 Å². The first kappa shape index (κ1) is 11.5. The second-order valence-electron chi connectivity index (χ2n) is 4.05. The highest BCUT2D eigenvalue weighted by Gasteiger charge is 2.21. The molecule has 6 heteroatoms. The van der Waals surface area contributed by atoms with Crippen molar-refractivity contribution in [3.8, 4) is 0 Å². The zero-order chi connectivity index (χ0) is 11.5. The maximum absolute atomic E-state index is 12.6. The number of hydrogen-bond acceptors (Lipinski definition) is 3. The van der Waals surface area contributed by atoms with Crippen LogP contribution in [0.15, 0.2) is 12.4 Å². The minimum atomic E-state index is -2.50. The zero-order valence-corrected chi connectivity index (χ0v) is 9.24. The Labute approximate surface area is 93.3 Å². The molecule has 90 valence electrons. The van der Waals surface area contributed by atoms with E-state index in [0.29, 0.717) is 18.4 Å². The molecule has 1 atom stereocenters. The summed E-state index contributed by atoms with van der Waals surface area (Å²) < 4.78 is 26.1. The molecule has 0 aromatic carbocycles. The van der Waals surface area contributed by atoms with Gasteiger partial charge in [0.2, 0.25) is 0 Å². The largest absolute Gasteiger partial charge is 0.319 e. The fraction of sp³-hybridized carbons (Fsp3) is 0.700. The van der Waals surface area contributed by atoms with Crippen LogP contribution in [0.4, 0.5) is 8.78 Å². The maximum atomic E-state index is 12.6. The molecule has 0 spiro atoms. The lowest BCUT2D eigenvalue weighted by Gasteiger charge is -2.33. The average molecular weight is 230 g/mol. The Morgan fingerprint density at radius 1 is 1.62 bits per heavy atom. The van der Waals surface area contributed by atoms with Crippen molar-refractivity contribution in [1.82, 2.24) is 19.8 Å². The first-order valence-electron chi connectivity index (χ1n) is 5.43. The molecular weight excluding hydrogens is 214 g/mol. The SMILES string of the molecule is CC1CNCCN1Cc1nccn1C(F)F. The predicted molar refractivity (Wildman–Crippen MR) is 56.2 cm³/mol. The molecule has 1 aliphatic rings. The van der Waals surface area contributed by atoms with Gasteiger partial charge >= 0.3 is 6.55 Å². The van der Waals surface area contributed by atoms with Gasteiger partial charge in [-0.05, 0) is 6.92 Å². The van der Waals surface area contributed by atoms with Crippen LogP contribution in [0.2, 0.25) is 0 Å². The average Bonchev–Trinajstić information content (AvgIpc) is 2.69. The second kappa shape index (κ2) is 4.88. The van der Waals surface area contributed by atoms with Gasteiger partial charge < -0.3 is 5.32 Å². The minimum Gasteiger partial charge on any atom is -0.314 e. The summed E-state index contributed by atoms with van der Waals surface area (Å²) in [4.78, 5) is 6.15. The van der Waals surface area contributed by atoms with E-state index in [2.05, 4.69) is 22.1 Å². The fourth-order valence-corrected chi connectivity index (χ4v) is 1.94. The van der Waals surface area contributed by atoms with E-state index in [1.807, 2.05) is 0 Å². The van der Waals surface area contributed by atoms with Crippen molar-refractivity contribution in [2.75, 3.05) is 19.6 Å². The van der Waals surface area contributed by atoms with E-state index in [4.69, 9.17) is 0 Å². The highest BCUT2D eigenvalue weighted by Crippen LogP contribution is 2.15. The molecule has 0 amide bonds. The number of halogens is 2. The number of alkyl halides is 2. The van der Waals surface area contributed by atoms with Crippen molar-refractivity contribution in [2.24, 2.45) is 0 Å². The second-order valence-corrected chi connectivity index (χ2v) is 4.05. The third-order valence-electron chi connectivity index (χ3n) is 2.94. The Hall–Kier alpha value is -1.01. The van der Waals surface area contributed by atoms with Gasteiger partial charge in [0, 0.05) is 38.1 Å². The normalized spacial score (nSPS) is 22.9. The summed E-state index contributed by atoms with van der Waals surface area (Å²) in [7, 11) is 0. The molecule has 0 bridgehead atoms. The van der Waals surface area contributed by atoms with Crippen LogP contribution < -0.4 is 5.32 Å². The van der Waals surface area contributed by atoms with Crippen molar-refractivity contribution in [3.63, 3.8) is 0 Å². The Morgan fingerprint density at radius 3 is 3.12 bits per heavy atom. The molecule has 1 N–H and O–H groups in total. The van der Waals surface area contributed by atoms with Crippen molar-refractivity contribution in [1.29, 1.82) is 0 Å². The van der Waals surface area contributed by atoms with Crippen molar-refractivity contribution in [2.45, 2.75) is 26.1 Å². The van der Waals surface area contributed by atoms with Crippen LogP contribution in [0.3, 0.4) is 0 Å². The Bertz CT molecular complexity index is 339. The van der Waals surface area contributed by atoms with Crippen molar-refractivity contribution in [3.05, 3.63) is 18.2 Å². The van der Waals surface area contributed by atoms with E-state index in [9.17, 15) is 8.78 Å². The number of rotatable bonds is 3. The number of hydrogen-bond donors (Lipinski definition) is 1. The van der Waals surface area contributed by atoms with Gasteiger partial charge in [-0.3, -0.25) is 9.47 Å². The quantitative estimate of drug-likeness (QED) is 0.843. The number of nitrogens with zero attached hydrogens (tertiary/aromatic N) is 3. The van der Waals surface area contributed by atoms with Gasteiger partial charge in [0.1, 0.15) is 5.82 Å². The number of imidazole rings is 1. The first-order chi connectivity index (χ1) is 7.68. The van der Waals surface area contributed by atoms with Crippen LogP contribution in [0.1, 0.15) is 19.3 Å². The molecule has 1 aromatic rings. The Morgan fingerprint density at radius 2 is 2.44 bits per heavy atom. The standard InChI is InChI=1S/C10H16F2N4/c1-8-6-13-2-4-15(8)7-9-14-3-5-16(9)10(11)12/h3,5,8,10,13H,2,4,6-7H2,1H3. The summed E-state index contributed by atoms with van der Waals surface area (Å²) in [6.07, 6.45) is 2.75. The number of aromatic nitrogens is 2. The molecule has 16 heavy (non-hydrogen) atoms. The lowest BCUT2D eigenvalue weighted by Crippen LogP contribution is -2.49. The van der Waals surface area contributed by atoms with Gasteiger partial charge in [0.15, 0.2) is 0 Å². The van der Waals surface area contributed by atoms with Crippen LogP contribution in [0.5, 0.6) is 0 Å². The molecule has 2 rings (SSSR count). The van der Waals surface area contributed by atoms with Crippen LogP contribution in [0, 0.1) is 0 Å². The molecule has 1 fully saturated rings. The van der Waals surface area contributed by atoms with E-state index < -0.39 is 6.55 Å². The van der Waals surface area contributed by atoms with E-state index in [-0.39, 0.29) is 0 Å². The summed E-state index contributed by atoms with van der Waals surface area (Å²) >= 11 is 0. The third kappa shape index (κ3) is 2.38. The van der Waals surface area contributed by atoms with Crippen molar-refractivity contribution < 1.29 is 8.78 Å². The smallest absolute Gasteiger partial charge is 0.314 e. The molecule has 1 aromatic heterocycles. The Kier molecular flexibility index (Phi) is 3.50. The summed E-state index contributed by atoms with van der Waals surface area (Å²) in [5.74, 6) is 0.434. The summed E-state index contributed by atoms with van der Waals surface area (Å²) in [5.41, 5.74) is 0. The maximum Gasteiger partial charge on any atom is 0.319 e. The predicted octanol–water partition coefficient (Wildman–Crippen LogP) is 1.07. The van der Waals surface area contributed by atoms with Gasteiger partial charge in [-0.2, -0.15) is 8.78 Å². The van der Waals surface area contributed by atoms with Gasteiger partial charge in [-0.15, -0.1) is 0 Å². The van der Waals surface area contributed by atoms with E-state index in [1.54, 1.807) is 0 Å². The molecule has 0 aliphatic carbocycles. The van der Waals surface area contributed by atoms with Gasteiger partial charge in [0.25, 0.3) is 0 Å². The zero-order valence-electron chi connectivity index (χ0n) is 9.24. The monoisotopic (exact) mass is 230 g/mol. The number of piperazine rings is 1. The minimum absolute atomic E-state index is 0.358. The lowest BCUT2D eigenvalue weighted by atomic mass is 10.2. The van der Waals surface area contributed by atoms with Gasteiger partial charge in [-0.25, -0.2) is 4.98 Å². The highest BCUT2D eigenvalue weighted by molar-refractivity contribution is 4.94. The summed E-state index contributed by atoms with van der Waals surface area (Å²) in [6, 6.07) is 0.358. The van der Waals surface area contributed by atoms with Crippen LogP contribution >= 0.6 is 0 Å². The van der Waals surface area contributed by atoms with Crippen molar-refractivity contribution >= 4 is 0 Å². The Balaban J connectivity index is 2.04. The van der Waals surface area contributed by atoms with E-state index >= 15 is 0 Å². The third-order valence-corrected chi connectivity index (χ3v) is 2.94. The summed E-state index contributed by atoms with van der Waals surface area (Å²) in [6.45, 7) is 2.74. The molecular formula is C10H16F2N4. The molecule has 1 unspecified atom stereocenters. The molecule has 0 radical (unpaired) electrons. The first-order valence-corrected chi connectivity index (χ1v) is 5.43. The van der Waals surface area contributed by atoms with Crippen LogP contribution in [0.25, 0.3) is 0 Å². The molecule has 4 nitrogen and oxygen atoms in total. The van der Waals surface area contributed by atoms with E-state index in [0.717, 1.165) is 24.2 Å². The lowest BCUT2D eigenvalue weighted by molar-refractivity contribution is 0.0612. The van der Waals surface area contributed by atoms with Crippen LogP contribution in [-0.4, -0.2) is 40.1 Å². The van der Waals surface area contributed by atoms with Crippen LogP contribution in [-0.2, 0) is 6.54 Å². The fourth-order valence-electron chi connectivity index (χ4n) is 1.94. The van der Waals surface area contributed by atoms with E-state index in [1.165, 1.54) is 12.4 Å². The molecule has 1 aliphatic heterocycles.